The Bertz CT molecular complexity index is 1430. The number of aromatic nitrogens is 1. The summed E-state index contributed by atoms with van der Waals surface area (Å²) in [7, 11) is -3.29. The fourth-order valence-corrected chi connectivity index (χ4v) is 3.42. The highest BCUT2D eigenvalue weighted by atomic mass is 32.3. The lowest BCUT2D eigenvalue weighted by Gasteiger charge is -2.16. The van der Waals surface area contributed by atoms with Gasteiger partial charge in [0.1, 0.15) is 13.0 Å². The molecule has 0 unspecified atom stereocenters. The second kappa shape index (κ2) is 11.2. The molecule has 1 N–H and O–H groups in total. The van der Waals surface area contributed by atoms with Gasteiger partial charge in [-0.25, -0.2) is 13.0 Å². The van der Waals surface area contributed by atoms with Gasteiger partial charge in [-0.3, -0.25) is 45.0 Å². The van der Waals surface area contributed by atoms with E-state index in [-0.39, 0.29) is 11.1 Å². The molecule has 0 aliphatic rings. The summed E-state index contributed by atoms with van der Waals surface area (Å²) in [5.74, 6) is -1.12. The van der Waals surface area contributed by atoms with Crippen molar-refractivity contribution in [2.45, 2.75) is 5.92 Å². The van der Waals surface area contributed by atoms with Crippen molar-refractivity contribution in [3.8, 4) is 0 Å². The van der Waals surface area contributed by atoms with E-state index < -0.39 is 58.8 Å². The van der Waals surface area contributed by atoms with E-state index in [0.29, 0.717) is 5.69 Å². The fourth-order valence-electron chi connectivity index (χ4n) is 3.42. The second-order valence-electron chi connectivity index (χ2n) is 7.11. The van der Waals surface area contributed by atoms with Gasteiger partial charge in [0, 0.05) is 35.4 Å². The molecule has 2 aromatic carbocycles. The van der Waals surface area contributed by atoms with Gasteiger partial charge in [0.2, 0.25) is 10.4 Å². The maximum absolute atomic E-state index is 11.8. The maximum Gasteiger partial charge on any atom is 0.280 e. The van der Waals surface area contributed by atoms with Gasteiger partial charge in [-0.05, 0) is 12.1 Å². The van der Waals surface area contributed by atoms with Crippen LogP contribution in [0, 0.1) is 40.5 Å². The van der Waals surface area contributed by atoms with E-state index in [0.717, 1.165) is 24.3 Å². The number of nitro groups is 4. The van der Waals surface area contributed by atoms with E-state index in [1.54, 1.807) is 36.0 Å². The van der Waals surface area contributed by atoms with Gasteiger partial charge in [-0.15, -0.1) is 0 Å². The predicted molar refractivity (Wildman–Crippen MR) is 120 cm³/mol. The summed E-state index contributed by atoms with van der Waals surface area (Å²) in [5, 5.41) is 45.8. The Morgan fingerprint density at radius 3 is 1.49 bits per heavy atom. The van der Waals surface area contributed by atoms with Crippen LogP contribution in [0.5, 0.6) is 0 Å². The summed E-state index contributed by atoms with van der Waals surface area (Å²) in [6.07, 6.45) is 1.62. The number of aryl methyl sites for hydroxylation is 1. The molecule has 3 rings (SSSR count). The highest BCUT2D eigenvalue weighted by molar-refractivity contribution is 7.79. The molecule has 18 heteroatoms. The molecule has 0 amide bonds. The number of hydrogen-bond donors (Lipinski definition) is 1. The molecule has 1 aromatic heterocycles. The van der Waals surface area contributed by atoms with Gasteiger partial charge in [0.15, 0.2) is 11.9 Å². The van der Waals surface area contributed by atoms with E-state index in [2.05, 4.69) is 0 Å². The summed E-state index contributed by atoms with van der Waals surface area (Å²) < 4.78 is 34.4. The number of rotatable bonds is 7. The first-order valence-corrected chi connectivity index (χ1v) is 11.0. The van der Waals surface area contributed by atoms with Crippen LogP contribution in [0.25, 0.3) is 0 Å². The topological polar surface area (TPSA) is 254 Å². The minimum absolute atomic E-state index is 0.0423. The quantitative estimate of drug-likeness (QED) is 0.150. The van der Waals surface area contributed by atoms with Crippen LogP contribution in [0.1, 0.15) is 22.7 Å². The Morgan fingerprint density at radius 2 is 1.16 bits per heavy atom. The second-order valence-corrected chi connectivity index (χ2v) is 7.97. The van der Waals surface area contributed by atoms with Crippen LogP contribution in [0.2, 0.25) is 0 Å². The Labute approximate surface area is 206 Å². The molecule has 3 aromatic rings. The Balaban J connectivity index is 0.000000877. The molecule has 0 fully saturated rings. The first kappa shape index (κ1) is 28.3. The van der Waals surface area contributed by atoms with Gasteiger partial charge in [0.25, 0.3) is 22.7 Å². The Kier molecular flexibility index (Phi) is 8.57. The number of non-ortho nitro benzene ring substituents is 2. The van der Waals surface area contributed by atoms with Crippen LogP contribution in [0.3, 0.4) is 0 Å². The van der Waals surface area contributed by atoms with Crippen LogP contribution < -0.4 is 4.57 Å². The third-order valence-electron chi connectivity index (χ3n) is 4.86. The van der Waals surface area contributed by atoms with E-state index >= 15 is 0 Å². The largest absolute Gasteiger partial charge is 0.726 e. The summed E-state index contributed by atoms with van der Waals surface area (Å²) in [6.45, 7) is 0. The molecule has 0 aliphatic heterocycles. The highest BCUT2D eigenvalue weighted by Gasteiger charge is 2.37. The van der Waals surface area contributed by atoms with Crippen LogP contribution in [-0.2, 0) is 17.4 Å². The molecule has 1 heterocycles. The minimum Gasteiger partial charge on any atom is -0.726 e. The van der Waals surface area contributed by atoms with Gasteiger partial charge in [-0.2, -0.15) is 0 Å². The average Bonchev–Trinajstić information content (AvgIpc) is 2.79. The molecule has 0 saturated carbocycles. The van der Waals surface area contributed by atoms with Gasteiger partial charge in [0.05, 0.1) is 31.8 Å². The third-order valence-corrected chi connectivity index (χ3v) is 4.86. The highest BCUT2D eigenvalue weighted by Crippen LogP contribution is 2.41. The van der Waals surface area contributed by atoms with Crippen molar-refractivity contribution in [1.29, 1.82) is 0 Å². The van der Waals surface area contributed by atoms with Crippen molar-refractivity contribution >= 4 is 33.1 Å². The fraction of sp³-hybridized carbons (Fsp3) is 0.105. The Hall–Kier alpha value is -4.94. The van der Waals surface area contributed by atoms with E-state index in [1.165, 1.54) is 12.1 Å². The monoisotopic (exact) mass is 537 g/mol. The molecule has 0 bridgehead atoms. The number of nitro benzene ring substituents is 4. The zero-order chi connectivity index (χ0) is 28.1. The number of benzene rings is 2. The molecule has 0 atom stereocenters. The lowest BCUT2D eigenvalue weighted by atomic mass is 9.85. The number of nitrogens with zero attached hydrogens (tertiary/aromatic N) is 5. The molecule has 0 spiro atoms. The van der Waals surface area contributed by atoms with Crippen LogP contribution in [-0.4, -0.2) is 37.2 Å². The molecular formula is C19H15N5O12S. The van der Waals surface area contributed by atoms with Gasteiger partial charge < -0.3 is 4.55 Å². The van der Waals surface area contributed by atoms with Gasteiger partial charge >= 0.3 is 0 Å². The van der Waals surface area contributed by atoms with Crippen molar-refractivity contribution in [2.75, 3.05) is 0 Å². The van der Waals surface area contributed by atoms with Gasteiger partial charge in [-0.1, -0.05) is 6.07 Å². The van der Waals surface area contributed by atoms with Crippen molar-refractivity contribution in [2.24, 2.45) is 7.05 Å². The zero-order valence-electron chi connectivity index (χ0n) is 18.4. The Morgan fingerprint density at radius 1 is 0.757 bits per heavy atom. The standard InChI is InChI=1S/C19H14N5O8.H2O4S/c1-20-9-3-2-4-16(20)19(14-7-5-12(21(25)26)10-17(14)23(29)30)15-8-6-13(22(27)28)11-18(15)24(31)32;1-5(2,3)4/h2-11,19H,1H3;(H2,1,2,3,4)/q+1;/p-1. The third kappa shape index (κ3) is 7.27. The van der Waals surface area contributed by atoms with Crippen LogP contribution in [0.15, 0.2) is 60.8 Å². The first-order chi connectivity index (χ1) is 17.1. The smallest absolute Gasteiger partial charge is 0.280 e. The van der Waals surface area contributed by atoms with Crippen molar-refractivity contribution in [1.82, 2.24) is 0 Å². The van der Waals surface area contributed by atoms with E-state index in [4.69, 9.17) is 17.5 Å². The van der Waals surface area contributed by atoms with Crippen LogP contribution in [0.4, 0.5) is 22.7 Å². The van der Waals surface area contributed by atoms with E-state index in [1.807, 2.05) is 0 Å². The molecule has 0 saturated heterocycles. The summed E-state index contributed by atoms with van der Waals surface area (Å²) in [5.41, 5.74) is -1.95. The molecule has 17 nitrogen and oxygen atoms in total. The normalized spacial score (nSPS) is 10.8. The molecule has 0 radical (unpaired) electrons. The summed E-state index contributed by atoms with van der Waals surface area (Å²) in [6, 6.07) is 10.9. The molecule has 37 heavy (non-hydrogen) atoms. The van der Waals surface area contributed by atoms with E-state index in [9.17, 15) is 40.5 Å². The lowest BCUT2D eigenvalue weighted by Crippen LogP contribution is -2.35. The zero-order valence-corrected chi connectivity index (χ0v) is 19.2. The van der Waals surface area contributed by atoms with Crippen molar-refractivity contribution in [3.05, 3.63) is 118 Å². The van der Waals surface area contributed by atoms with Crippen LogP contribution >= 0.6 is 0 Å². The van der Waals surface area contributed by atoms with Crippen molar-refractivity contribution < 1.29 is 41.8 Å². The molecular weight excluding hydrogens is 522 g/mol. The SMILES string of the molecule is C[n+]1ccccc1C(c1ccc([N+](=O)[O-])cc1[N+](=O)[O-])c1ccc([N+](=O)[O-])cc1[N+](=O)[O-].O=S(=O)([O-])O. The maximum atomic E-state index is 11.8. The first-order valence-electron chi connectivity index (χ1n) is 9.60. The summed E-state index contributed by atoms with van der Waals surface area (Å²) >= 11 is 0. The number of pyridine rings is 1. The average molecular weight is 537 g/mol. The van der Waals surface area contributed by atoms with Crippen molar-refractivity contribution in [3.63, 3.8) is 0 Å². The number of hydrogen-bond acceptors (Lipinski definition) is 11. The summed E-state index contributed by atoms with van der Waals surface area (Å²) in [4.78, 5) is 42.6. The predicted octanol–water partition coefficient (Wildman–Crippen LogP) is 2.33. The molecule has 0 aliphatic carbocycles. The lowest BCUT2D eigenvalue weighted by molar-refractivity contribution is -0.679. The minimum atomic E-state index is -4.92. The molecule has 194 valence electrons.